The summed E-state index contributed by atoms with van der Waals surface area (Å²) in [5, 5.41) is 11.7. The van der Waals surface area contributed by atoms with Crippen molar-refractivity contribution in [2.75, 3.05) is 0 Å². The van der Waals surface area contributed by atoms with Gasteiger partial charge in [-0.25, -0.2) is 9.97 Å². The Bertz CT molecular complexity index is 1070. The predicted molar refractivity (Wildman–Crippen MR) is 122 cm³/mol. The van der Waals surface area contributed by atoms with Gasteiger partial charge in [0.25, 0.3) is 0 Å². The van der Waals surface area contributed by atoms with Crippen LogP contribution in [0.2, 0.25) is 10.0 Å². The zero-order valence-electron chi connectivity index (χ0n) is 17.0. The second kappa shape index (κ2) is 8.24. The Morgan fingerprint density at radius 2 is 1.39 bits per heavy atom. The summed E-state index contributed by atoms with van der Waals surface area (Å²) in [5.41, 5.74) is 1.44. The van der Waals surface area contributed by atoms with Crippen LogP contribution in [0.25, 0.3) is 0 Å². The van der Waals surface area contributed by atoms with E-state index >= 15 is 0 Å². The van der Waals surface area contributed by atoms with Crippen LogP contribution in [-0.2, 0) is 5.41 Å². The molecule has 2 aliphatic heterocycles. The van der Waals surface area contributed by atoms with Crippen LogP contribution in [0.3, 0.4) is 0 Å². The predicted octanol–water partition coefficient (Wildman–Crippen LogP) is 5.96. The van der Waals surface area contributed by atoms with Gasteiger partial charge in [-0.05, 0) is 55.0 Å². The largest absolute Gasteiger partial charge is 0.286 e. The Balaban J connectivity index is 1.59. The van der Waals surface area contributed by atoms with E-state index in [9.17, 15) is 5.26 Å². The summed E-state index contributed by atoms with van der Waals surface area (Å²) in [6, 6.07) is 20.8. The highest BCUT2D eigenvalue weighted by atomic mass is 35.5. The molecule has 3 aromatic rings. The third-order valence-electron chi connectivity index (χ3n) is 6.75. The fourth-order valence-corrected chi connectivity index (χ4v) is 5.94. The number of halogens is 2. The van der Waals surface area contributed by atoms with Gasteiger partial charge in [-0.2, -0.15) is 5.26 Å². The molecule has 3 heterocycles. The second-order valence-corrected chi connectivity index (χ2v) is 9.27. The number of hydrogen-bond donors (Lipinski definition) is 0. The molecule has 2 atom stereocenters. The Morgan fingerprint density at radius 3 is 1.87 bits per heavy atom. The first-order chi connectivity index (χ1) is 15.1. The molecule has 0 aliphatic carbocycles. The number of benzene rings is 2. The molecule has 1 aromatic heterocycles. The van der Waals surface area contributed by atoms with Gasteiger partial charge in [0.15, 0.2) is 0 Å². The first-order valence-electron chi connectivity index (χ1n) is 10.6. The number of aromatic nitrogens is 2. The summed E-state index contributed by atoms with van der Waals surface area (Å²) in [5.74, 6) is 0.640. The lowest BCUT2D eigenvalue weighted by Gasteiger charge is -2.46. The Hall–Kier alpha value is -2.45. The molecule has 4 nitrogen and oxygen atoms in total. The van der Waals surface area contributed by atoms with Gasteiger partial charge in [0.2, 0.25) is 0 Å². The van der Waals surface area contributed by atoms with Crippen molar-refractivity contribution in [2.45, 2.75) is 49.2 Å². The van der Waals surface area contributed by atoms with E-state index < -0.39 is 5.41 Å². The SMILES string of the molecule is N#CC1(c2ncccn2)CC2CCC(C1)N2C(c1ccccc1Cl)c1ccccc1Cl. The van der Waals surface area contributed by atoms with Crippen LogP contribution in [0.15, 0.2) is 67.0 Å². The van der Waals surface area contributed by atoms with E-state index in [4.69, 9.17) is 23.2 Å². The molecule has 0 spiro atoms. The van der Waals surface area contributed by atoms with Gasteiger partial charge in [0.05, 0.1) is 12.1 Å². The molecule has 6 heteroatoms. The molecule has 2 fully saturated rings. The van der Waals surface area contributed by atoms with Crippen LogP contribution in [-0.4, -0.2) is 27.0 Å². The van der Waals surface area contributed by atoms with E-state index in [-0.39, 0.29) is 18.1 Å². The number of nitriles is 1. The highest BCUT2D eigenvalue weighted by Crippen LogP contribution is 2.51. The standard InChI is InChI=1S/C25H22Cl2N4/c26-21-8-3-1-6-19(21)23(20-7-2-4-9-22(20)27)31-17-10-11-18(31)15-25(14-17,16-28)24-29-12-5-13-30-24/h1-9,12-13,17-18,23H,10-11,14-15H2. The summed E-state index contributed by atoms with van der Waals surface area (Å²) < 4.78 is 0. The number of hydrogen-bond acceptors (Lipinski definition) is 4. The van der Waals surface area contributed by atoms with E-state index in [0.717, 1.165) is 34.0 Å². The van der Waals surface area contributed by atoms with Crippen LogP contribution in [0, 0.1) is 11.3 Å². The molecule has 0 saturated carbocycles. The van der Waals surface area contributed by atoms with Crippen molar-refractivity contribution in [3.63, 3.8) is 0 Å². The summed E-state index contributed by atoms with van der Waals surface area (Å²) in [6.07, 6.45) is 6.93. The molecule has 0 amide bonds. The van der Waals surface area contributed by atoms with Crippen molar-refractivity contribution >= 4 is 23.2 Å². The van der Waals surface area contributed by atoms with Crippen molar-refractivity contribution < 1.29 is 0 Å². The number of fused-ring (bicyclic) bond motifs is 2. The van der Waals surface area contributed by atoms with Gasteiger partial charge in [-0.3, -0.25) is 4.90 Å². The lowest BCUT2D eigenvalue weighted by Crippen LogP contribution is -2.51. The van der Waals surface area contributed by atoms with E-state index in [1.54, 1.807) is 18.5 Å². The topological polar surface area (TPSA) is 52.8 Å². The van der Waals surface area contributed by atoms with Crippen LogP contribution in [0.1, 0.15) is 48.7 Å². The van der Waals surface area contributed by atoms with E-state index in [1.807, 2.05) is 36.4 Å². The monoisotopic (exact) mass is 448 g/mol. The molecule has 156 valence electrons. The maximum Gasteiger partial charge on any atom is 0.148 e. The molecule has 5 rings (SSSR count). The first-order valence-corrected chi connectivity index (χ1v) is 11.3. The quantitative estimate of drug-likeness (QED) is 0.493. The average molecular weight is 449 g/mol. The van der Waals surface area contributed by atoms with Crippen LogP contribution >= 0.6 is 23.2 Å². The van der Waals surface area contributed by atoms with Crippen LogP contribution in [0.4, 0.5) is 0 Å². The Labute approximate surface area is 192 Å². The molecule has 2 aliphatic rings. The van der Waals surface area contributed by atoms with E-state index in [2.05, 4.69) is 33.1 Å². The highest BCUT2D eigenvalue weighted by Gasteiger charge is 2.53. The number of nitrogens with zero attached hydrogens (tertiary/aromatic N) is 4. The van der Waals surface area contributed by atoms with Gasteiger partial charge < -0.3 is 0 Å². The van der Waals surface area contributed by atoms with Crippen LogP contribution in [0.5, 0.6) is 0 Å². The Morgan fingerprint density at radius 1 is 0.871 bits per heavy atom. The molecule has 2 aromatic carbocycles. The van der Waals surface area contributed by atoms with Crippen molar-refractivity contribution in [3.8, 4) is 6.07 Å². The zero-order chi connectivity index (χ0) is 21.4. The number of rotatable bonds is 4. The lowest BCUT2D eigenvalue weighted by atomic mass is 9.74. The minimum atomic E-state index is -0.658. The summed E-state index contributed by atoms with van der Waals surface area (Å²) in [4.78, 5) is 11.5. The van der Waals surface area contributed by atoms with Crippen LogP contribution < -0.4 is 0 Å². The average Bonchev–Trinajstić information content (AvgIpc) is 3.06. The molecular weight excluding hydrogens is 427 g/mol. The number of piperidine rings is 1. The Kier molecular flexibility index (Phi) is 5.44. The second-order valence-electron chi connectivity index (χ2n) is 8.45. The lowest BCUT2D eigenvalue weighted by molar-refractivity contribution is 0.0727. The van der Waals surface area contributed by atoms with Gasteiger partial charge in [-0.15, -0.1) is 0 Å². The van der Waals surface area contributed by atoms with Gasteiger partial charge in [0, 0.05) is 34.5 Å². The molecule has 2 unspecified atom stereocenters. The third kappa shape index (κ3) is 3.51. The molecule has 2 saturated heterocycles. The molecule has 2 bridgehead atoms. The summed E-state index contributed by atoms with van der Waals surface area (Å²) in [6.45, 7) is 0. The summed E-state index contributed by atoms with van der Waals surface area (Å²) >= 11 is 13.4. The molecule has 0 N–H and O–H groups in total. The van der Waals surface area contributed by atoms with E-state index in [0.29, 0.717) is 18.7 Å². The minimum Gasteiger partial charge on any atom is -0.286 e. The maximum absolute atomic E-state index is 10.2. The van der Waals surface area contributed by atoms with Crippen molar-refractivity contribution in [3.05, 3.63) is 94.0 Å². The van der Waals surface area contributed by atoms with Crippen molar-refractivity contribution in [2.24, 2.45) is 0 Å². The van der Waals surface area contributed by atoms with Crippen molar-refractivity contribution in [1.29, 1.82) is 5.26 Å². The third-order valence-corrected chi connectivity index (χ3v) is 7.44. The van der Waals surface area contributed by atoms with Crippen molar-refractivity contribution in [1.82, 2.24) is 14.9 Å². The summed E-state index contributed by atoms with van der Waals surface area (Å²) in [7, 11) is 0. The zero-order valence-corrected chi connectivity index (χ0v) is 18.5. The van der Waals surface area contributed by atoms with E-state index in [1.165, 1.54) is 0 Å². The smallest absolute Gasteiger partial charge is 0.148 e. The van der Waals surface area contributed by atoms with Gasteiger partial charge in [0.1, 0.15) is 11.2 Å². The normalized spacial score (nSPS) is 25.5. The minimum absolute atomic E-state index is 0.0618. The molecule has 0 radical (unpaired) electrons. The highest BCUT2D eigenvalue weighted by molar-refractivity contribution is 6.32. The molecule has 31 heavy (non-hydrogen) atoms. The first kappa shape index (κ1) is 20.5. The fourth-order valence-electron chi connectivity index (χ4n) is 5.46. The van der Waals surface area contributed by atoms with Gasteiger partial charge >= 0.3 is 0 Å². The maximum atomic E-state index is 10.2. The van der Waals surface area contributed by atoms with Gasteiger partial charge in [-0.1, -0.05) is 59.6 Å². The molecular formula is C25H22Cl2N4. The fraction of sp³-hybridized carbons (Fsp3) is 0.320.